The maximum Gasteiger partial charge on any atom is 0.410 e. The molecule has 0 radical (unpaired) electrons. The first-order valence-electron chi connectivity index (χ1n) is 12.6. The molecule has 2 aliphatic heterocycles. The Labute approximate surface area is 224 Å². The van der Waals surface area contributed by atoms with Crippen LogP contribution >= 0.6 is 11.6 Å². The predicted octanol–water partition coefficient (Wildman–Crippen LogP) is 4.53. The van der Waals surface area contributed by atoms with Gasteiger partial charge in [-0.2, -0.15) is 0 Å². The number of fused-ring (bicyclic) bond motifs is 2. The fourth-order valence-electron chi connectivity index (χ4n) is 5.17. The monoisotopic (exact) mass is 531 g/mol. The largest absolute Gasteiger partial charge is 0.490 e. The Bertz CT molecular complexity index is 1600. The van der Waals surface area contributed by atoms with E-state index < -0.39 is 0 Å². The van der Waals surface area contributed by atoms with Crippen molar-refractivity contribution < 1.29 is 14.3 Å². The van der Waals surface area contributed by atoms with Crippen LogP contribution in [0.4, 0.5) is 4.79 Å². The van der Waals surface area contributed by atoms with Gasteiger partial charge in [0.2, 0.25) is 0 Å². The highest BCUT2D eigenvalue weighted by molar-refractivity contribution is 6.30. The summed E-state index contributed by atoms with van der Waals surface area (Å²) in [4.78, 5) is 41.0. The van der Waals surface area contributed by atoms with Crippen molar-refractivity contribution in [1.29, 1.82) is 0 Å². The van der Waals surface area contributed by atoms with Gasteiger partial charge in [0, 0.05) is 36.2 Å². The molecule has 2 fully saturated rings. The van der Waals surface area contributed by atoms with Crippen LogP contribution in [-0.2, 0) is 11.3 Å². The van der Waals surface area contributed by atoms with Crippen molar-refractivity contribution in [2.45, 2.75) is 45.4 Å². The number of nitrogens with zero attached hydrogens (tertiary/aromatic N) is 5. The number of carbonyl (C=O) groups excluding carboxylic acids is 1. The molecule has 0 unspecified atom stereocenters. The number of carbonyl (C=O) groups is 1. The Morgan fingerprint density at radius 2 is 1.92 bits per heavy atom. The first-order valence-corrected chi connectivity index (χ1v) is 12.9. The maximum atomic E-state index is 13.7. The smallest absolute Gasteiger partial charge is 0.410 e. The Kier molecular flexibility index (Phi) is 6.23. The molecule has 0 bridgehead atoms. The normalized spacial score (nSPS) is 18.9. The van der Waals surface area contributed by atoms with Crippen LogP contribution in [0.3, 0.4) is 0 Å². The molecule has 6 rings (SSSR count). The average Bonchev–Trinajstić information content (AvgIpc) is 3.27. The number of aromatic nitrogens is 4. The van der Waals surface area contributed by atoms with E-state index in [0.717, 1.165) is 11.1 Å². The van der Waals surface area contributed by atoms with Crippen molar-refractivity contribution >= 4 is 28.6 Å². The number of rotatable bonds is 5. The number of aryl methyl sites for hydroxylation is 2. The number of hydrogen-bond acceptors (Lipinski definition) is 7. The van der Waals surface area contributed by atoms with Crippen molar-refractivity contribution in [3.05, 3.63) is 81.3 Å². The van der Waals surface area contributed by atoms with Gasteiger partial charge in [-0.25, -0.2) is 19.7 Å². The zero-order valence-corrected chi connectivity index (χ0v) is 21.8. The molecule has 1 amide bonds. The second kappa shape index (κ2) is 9.72. The van der Waals surface area contributed by atoms with Crippen molar-refractivity contribution in [3.63, 3.8) is 0 Å². The third-order valence-electron chi connectivity index (χ3n) is 7.15. The van der Waals surface area contributed by atoms with Gasteiger partial charge >= 0.3 is 6.09 Å². The quantitative estimate of drug-likeness (QED) is 0.373. The summed E-state index contributed by atoms with van der Waals surface area (Å²) in [6.07, 6.45) is 2.62. The molecule has 0 N–H and O–H groups in total. The molecular formula is C28H26ClN5O4. The van der Waals surface area contributed by atoms with Gasteiger partial charge in [0.25, 0.3) is 5.56 Å². The van der Waals surface area contributed by atoms with Gasteiger partial charge in [-0.3, -0.25) is 9.36 Å². The average molecular weight is 532 g/mol. The molecule has 2 atom stereocenters. The Morgan fingerprint density at radius 1 is 1.11 bits per heavy atom. The summed E-state index contributed by atoms with van der Waals surface area (Å²) in [5.74, 6) is 1.79. The molecule has 0 spiro atoms. The number of halogens is 1. The second-order valence-electron chi connectivity index (χ2n) is 9.72. The van der Waals surface area contributed by atoms with E-state index in [-0.39, 0.29) is 23.8 Å². The highest BCUT2D eigenvalue weighted by Crippen LogP contribution is 2.35. The molecule has 2 aromatic carbocycles. The van der Waals surface area contributed by atoms with Gasteiger partial charge in [0.05, 0.1) is 29.2 Å². The molecule has 2 aliphatic rings. The standard InChI is InChI=1S/C28H26ClN5O4/c1-16-30-9-7-24(31-16)22-12-25-23(13-26(22)38-21-8-10-33-20(11-21)15-37-28(33)36)27(35)34(17(2)32-25)14-18-3-5-19(29)6-4-18/h3-7,9,12-13,20-21H,8,10-11,14-15H2,1-2H3/t20-,21-/m0/s1. The van der Waals surface area contributed by atoms with Crippen LogP contribution in [0.1, 0.15) is 30.1 Å². The van der Waals surface area contributed by atoms with Crippen LogP contribution in [0.25, 0.3) is 22.2 Å². The SMILES string of the molecule is Cc1nccc(-c2cc3nc(C)n(Cc4ccc(Cl)cc4)c(=O)c3cc2O[C@H]2CCN3C(=O)OC[C@@H]3C2)n1. The summed E-state index contributed by atoms with van der Waals surface area (Å²) in [5.41, 5.74) is 2.80. The Balaban J connectivity index is 1.42. The first-order chi connectivity index (χ1) is 18.4. The van der Waals surface area contributed by atoms with E-state index in [1.54, 1.807) is 21.7 Å². The summed E-state index contributed by atoms with van der Waals surface area (Å²) < 4.78 is 13.4. The Morgan fingerprint density at radius 3 is 2.71 bits per heavy atom. The zero-order chi connectivity index (χ0) is 26.4. The van der Waals surface area contributed by atoms with Crippen molar-refractivity contribution in [2.24, 2.45) is 0 Å². The van der Waals surface area contributed by atoms with E-state index in [2.05, 4.69) is 9.97 Å². The topological polar surface area (TPSA) is 99.4 Å². The van der Waals surface area contributed by atoms with Crippen LogP contribution in [-0.4, -0.2) is 55.8 Å². The lowest BCUT2D eigenvalue weighted by Gasteiger charge is -2.33. The zero-order valence-electron chi connectivity index (χ0n) is 21.1. The van der Waals surface area contributed by atoms with E-state index in [1.165, 1.54) is 0 Å². The molecule has 10 heteroatoms. The molecule has 194 valence electrons. The molecule has 9 nitrogen and oxygen atoms in total. The molecule has 38 heavy (non-hydrogen) atoms. The van der Waals surface area contributed by atoms with Gasteiger partial charge in [-0.15, -0.1) is 0 Å². The van der Waals surface area contributed by atoms with Crippen molar-refractivity contribution in [3.8, 4) is 17.0 Å². The highest BCUT2D eigenvalue weighted by atomic mass is 35.5. The van der Waals surface area contributed by atoms with E-state index in [0.29, 0.717) is 71.6 Å². The minimum absolute atomic E-state index is 0.00706. The number of cyclic esters (lactones) is 1. The highest BCUT2D eigenvalue weighted by Gasteiger charge is 2.39. The van der Waals surface area contributed by atoms with Crippen LogP contribution in [0.5, 0.6) is 5.75 Å². The third-order valence-corrected chi connectivity index (χ3v) is 7.40. The fourth-order valence-corrected chi connectivity index (χ4v) is 5.30. The van der Waals surface area contributed by atoms with E-state index in [1.807, 2.05) is 50.2 Å². The van der Waals surface area contributed by atoms with Gasteiger partial charge < -0.3 is 14.4 Å². The van der Waals surface area contributed by atoms with Gasteiger partial charge in [0.1, 0.15) is 30.1 Å². The molecular weight excluding hydrogens is 506 g/mol. The third kappa shape index (κ3) is 4.58. The first kappa shape index (κ1) is 24.4. The van der Waals surface area contributed by atoms with E-state index in [9.17, 15) is 9.59 Å². The predicted molar refractivity (Wildman–Crippen MR) is 143 cm³/mol. The summed E-state index contributed by atoms with van der Waals surface area (Å²) in [7, 11) is 0. The molecule has 0 aliphatic carbocycles. The van der Waals surface area contributed by atoms with E-state index >= 15 is 0 Å². The summed E-state index contributed by atoms with van der Waals surface area (Å²) in [6, 6.07) is 12.9. The molecule has 2 saturated heterocycles. The number of amides is 1. The summed E-state index contributed by atoms with van der Waals surface area (Å²) >= 11 is 6.03. The molecule has 0 saturated carbocycles. The number of ether oxygens (including phenoxy) is 2. The second-order valence-corrected chi connectivity index (χ2v) is 10.2. The van der Waals surface area contributed by atoms with Crippen LogP contribution in [0, 0.1) is 13.8 Å². The van der Waals surface area contributed by atoms with Gasteiger partial charge in [-0.05, 0) is 49.7 Å². The number of benzene rings is 2. The lowest BCUT2D eigenvalue weighted by Crippen LogP contribution is -2.44. The number of piperidine rings is 1. The van der Waals surface area contributed by atoms with Crippen LogP contribution < -0.4 is 10.3 Å². The molecule has 4 heterocycles. The van der Waals surface area contributed by atoms with Gasteiger partial charge in [0.15, 0.2) is 0 Å². The maximum absolute atomic E-state index is 13.7. The molecule has 2 aromatic heterocycles. The summed E-state index contributed by atoms with van der Waals surface area (Å²) in [6.45, 7) is 4.97. The lowest BCUT2D eigenvalue weighted by molar-refractivity contribution is 0.0941. The number of hydrogen-bond donors (Lipinski definition) is 0. The van der Waals surface area contributed by atoms with Crippen LogP contribution in [0.2, 0.25) is 5.02 Å². The minimum Gasteiger partial charge on any atom is -0.490 e. The Hall–Kier alpha value is -3.98. The van der Waals surface area contributed by atoms with Gasteiger partial charge in [-0.1, -0.05) is 23.7 Å². The van der Waals surface area contributed by atoms with Crippen LogP contribution in [0.15, 0.2) is 53.5 Å². The fraction of sp³-hybridized carbons (Fsp3) is 0.321. The molecule has 4 aromatic rings. The van der Waals surface area contributed by atoms with E-state index in [4.69, 9.17) is 26.1 Å². The minimum atomic E-state index is -0.265. The lowest BCUT2D eigenvalue weighted by atomic mass is 10.0. The van der Waals surface area contributed by atoms with Crippen molar-refractivity contribution in [1.82, 2.24) is 24.4 Å². The summed E-state index contributed by atoms with van der Waals surface area (Å²) in [5, 5.41) is 1.11. The van der Waals surface area contributed by atoms with Crippen molar-refractivity contribution in [2.75, 3.05) is 13.2 Å².